The molecule has 0 saturated carbocycles. The molecule has 0 N–H and O–H groups in total. The Kier molecular flexibility index (Phi) is 3.14. The van der Waals surface area contributed by atoms with Gasteiger partial charge < -0.3 is 0 Å². The summed E-state index contributed by atoms with van der Waals surface area (Å²) in [6, 6.07) is 0. The first-order chi connectivity index (χ1) is 4.46. The molecule has 56 valence electrons. The predicted molar refractivity (Wildman–Crippen MR) is 48.0 cm³/mol. The number of hydrogen-bond donors (Lipinski definition) is 0. The highest BCUT2D eigenvalue weighted by molar-refractivity contribution is 5.38. The van der Waals surface area contributed by atoms with Crippen molar-refractivity contribution in [1.82, 2.24) is 0 Å². The summed E-state index contributed by atoms with van der Waals surface area (Å²) in [5, 5.41) is 0. The van der Waals surface area contributed by atoms with Gasteiger partial charge in [0.1, 0.15) is 0 Å². The normalized spacial score (nSPS) is 12.4. The van der Waals surface area contributed by atoms with E-state index in [0.717, 1.165) is 11.1 Å². The lowest BCUT2D eigenvalue weighted by Crippen LogP contribution is -1.85. The third-order valence-corrected chi connectivity index (χ3v) is 1.84. The van der Waals surface area contributed by atoms with Gasteiger partial charge in [0.25, 0.3) is 0 Å². The third-order valence-electron chi connectivity index (χ3n) is 1.84. The van der Waals surface area contributed by atoms with Crippen LogP contribution in [0.25, 0.3) is 0 Å². The van der Waals surface area contributed by atoms with Crippen molar-refractivity contribution >= 4 is 0 Å². The Labute approximate surface area is 64.0 Å². The first kappa shape index (κ1) is 9.22. The number of hydrogen-bond acceptors (Lipinski definition) is 0. The van der Waals surface area contributed by atoms with Gasteiger partial charge in [0.2, 0.25) is 0 Å². The van der Waals surface area contributed by atoms with E-state index in [0.29, 0.717) is 0 Å². The van der Waals surface area contributed by atoms with Crippen LogP contribution in [0, 0.1) is 0 Å². The van der Waals surface area contributed by atoms with Crippen LogP contribution < -0.4 is 0 Å². The molecular formula is C10H16. The predicted octanol–water partition coefficient (Wildman–Crippen LogP) is 3.48. The molecule has 0 fully saturated rings. The molecule has 0 aliphatic heterocycles. The van der Waals surface area contributed by atoms with Gasteiger partial charge in [-0.1, -0.05) is 24.3 Å². The molecule has 0 aromatic heterocycles. The van der Waals surface area contributed by atoms with Crippen molar-refractivity contribution in [2.45, 2.75) is 27.7 Å². The van der Waals surface area contributed by atoms with Gasteiger partial charge in [-0.05, 0) is 38.8 Å². The van der Waals surface area contributed by atoms with Gasteiger partial charge in [-0.15, -0.1) is 0 Å². The maximum atomic E-state index is 3.86. The molecule has 0 aliphatic rings. The van der Waals surface area contributed by atoms with E-state index in [1.165, 1.54) is 11.1 Å². The minimum Gasteiger partial charge on any atom is -0.0958 e. The average molecular weight is 136 g/mol. The zero-order valence-electron chi connectivity index (χ0n) is 7.41. The largest absolute Gasteiger partial charge is 0.0958 e. The zero-order chi connectivity index (χ0) is 8.31. The molecule has 0 nitrogen and oxygen atoms in total. The van der Waals surface area contributed by atoms with Crippen LogP contribution in [0.2, 0.25) is 0 Å². The molecular weight excluding hydrogens is 120 g/mol. The van der Waals surface area contributed by atoms with Crippen LogP contribution >= 0.6 is 0 Å². The fourth-order valence-electron chi connectivity index (χ4n) is 0.640. The summed E-state index contributed by atoms with van der Waals surface area (Å²) in [7, 11) is 0. The van der Waals surface area contributed by atoms with Crippen molar-refractivity contribution in [3.63, 3.8) is 0 Å². The quantitative estimate of drug-likeness (QED) is 0.510. The molecule has 0 rings (SSSR count). The van der Waals surface area contributed by atoms with Gasteiger partial charge in [0.15, 0.2) is 0 Å². The summed E-state index contributed by atoms with van der Waals surface area (Å²) in [5.41, 5.74) is 4.76. The average Bonchev–Trinajstić information content (AvgIpc) is 1.84. The second kappa shape index (κ2) is 3.40. The topological polar surface area (TPSA) is 0 Å². The molecule has 0 heterocycles. The Morgan fingerprint density at radius 1 is 0.700 bits per heavy atom. The Bertz CT molecular complexity index is 170. The Morgan fingerprint density at radius 2 is 0.900 bits per heavy atom. The van der Waals surface area contributed by atoms with Crippen molar-refractivity contribution in [2.24, 2.45) is 0 Å². The minimum atomic E-state index is 1.13. The van der Waals surface area contributed by atoms with E-state index in [4.69, 9.17) is 0 Å². The standard InChI is InChI=1S/C10H16/c1-7(2)9(5)10(6)8(3)4/h1,3H2,2,4-6H3/b10-9-. The molecule has 0 spiro atoms. The highest BCUT2D eigenvalue weighted by Crippen LogP contribution is 2.16. The molecule has 0 amide bonds. The van der Waals surface area contributed by atoms with Crippen LogP contribution in [0.5, 0.6) is 0 Å². The molecule has 0 aromatic carbocycles. The lowest BCUT2D eigenvalue weighted by atomic mass is 10.0. The second-order valence-corrected chi connectivity index (χ2v) is 2.81. The highest BCUT2D eigenvalue weighted by atomic mass is 14.0. The first-order valence-electron chi connectivity index (χ1n) is 3.46. The van der Waals surface area contributed by atoms with Crippen LogP contribution in [0.15, 0.2) is 35.5 Å². The van der Waals surface area contributed by atoms with Gasteiger partial charge in [0.05, 0.1) is 0 Å². The summed E-state index contributed by atoms with van der Waals surface area (Å²) in [6.07, 6.45) is 0. The van der Waals surface area contributed by atoms with Gasteiger partial charge in [-0.2, -0.15) is 0 Å². The second-order valence-electron chi connectivity index (χ2n) is 2.81. The lowest BCUT2D eigenvalue weighted by molar-refractivity contribution is 1.23. The minimum absolute atomic E-state index is 1.13. The van der Waals surface area contributed by atoms with Crippen molar-refractivity contribution in [1.29, 1.82) is 0 Å². The van der Waals surface area contributed by atoms with Gasteiger partial charge in [-0.25, -0.2) is 0 Å². The van der Waals surface area contributed by atoms with E-state index in [-0.39, 0.29) is 0 Å². The van der Waals surface area contributed by atoms with E-state index in [2.05, 4.69) is 27.0 Å². The molecule has 0 radical (unpaired) electrons. The fraction of sp³-hybridized carbons (Fsp3) is 0.400. The first-order valence-corrected chi connectivity index (χ1v) is 3.46. The Hall–Kier alpha value is -0.780. The molecule has 0 unspecified atom stereocenters. The Morgan fingerprint density at radius 3 is 1.00 bits per heavy atom. The molecule has 0 bridgehead atoms. The SMILES string of the molecule is C=C(C)/C(C)=C(/C)C(=C)C. The van der Waals surface area contributed by atoms with Crippen LogP contribution in [0.4, 0.5) is 0 Å². The van der Waals surface area contributed by atoms with E-state index in [1.807, 2.05) is 13.8 Å². The van der Waals surface area contributed by atoms with Crippen LogP contribution in [0.1, 0.15) is 27.7 Å². The lowest BCUT2D eigenvalue weighted by Gasteiger charge is -2.05. The zero-order valence-corrected chi connectivity index (χ0v) is 7.41. The Balaban J connectivity index is 4.67. The summed E-state index contributed by atoms with van der Waals surface area (Å²) in [6.45, 7) is 15.9. The van der Waals surface area contributed by atoms with E-state index in [1.54, 1.807) is 0 Å². The molecule has 0 aliphatic carbocycles. The highest BCUT2D eigenvalue weighted by Gasteiger charge is 1.96. The molecule has 0 heteroatoms. The molecule has 0 atom stereocenters. The van der Waals surface area contributed by atoms with E-state index < -0.39 is 0 Å². The molecule has 10 heavy (non-hydrogen) atoms. The smallest absolute Gasteiger partial charge is 0.0393 e. The van der Waals surface area contributed by atoms with Crippen LogP contribution in [-0.2, 0) is 0 Å². The summed E-state index contributed by atoms with van der Waals surface area (Å²) in [5.74, 6) is 0. The molecule has 0 saturated heterocycles. The van der Waals surface area contributed by atoms with Gasteiger partial charge >= 0.3 is 0 Å². The van der Waals surface area contributed by atoms with Crippen LogP contribution in [-0.4, -0.2) is 0 Å². The van der Waals surface area contributed by atoms with Crippen molar-refractivity contribution in [3.05, 3.63) is 35.5 Å². The summed E-state index contributed by atoms with van der Waals surface area (Å²) < 4.78 is 0. The van der Waals surface area contributed by atoms with Crippen molar-refractivity contribution < 1.29 is 0 Å². The third kappa shape index (κ3) is 2.22. The van der Waals surface area contributed by atoms with Gasteiger partial charge in [-0.3, -0.25) is 0 Å². The number of rotatable bonds is 2. The fourth-order valence-corrected chi connectivity index (χ4v) is 0.640. The number of allylic oxidation sites excluding steroid dienone is 4. The van der Waals surface area contributed by atoms with Crippen LogP contribution in [0.3, 0.4) is 0 Å². The molecule has 0 aromatic rings. The van der Waals surface area contributed by atoms with E-state index in [9.17, 15) is 0 Å². The summed E-state index contributed by atoms with van der Waals surface area (Å²) >= 11 is 0. The van der Waals surface area contributed by atoms with Crippen molar-refractivity contribution in [2.75, 3.05) is 0 Å². The van der Waals surface area contributed by atoms with Crippen molar-refractivity contribution in [3.8, 4) is 0 Å². The maximum absolute atomic E-state index is 3.86. The summed E-state index contributed by atoms with van der Waals surface area (Å²) in [4.78, 5) is 0. The maximum Gasteiger partial charge on any atom is -0.0393 e. The van der Waals surface area contributed by atoms with Gasteiger partial charge in [0, 0.05) is 0 Å². The van der Waals surface area contributed by atoms with E-state index >= 15 is 0 Å². The monoisotopic (exact) mass is 136 g/mol.